The van der Waals surface area contributed by atoms with Crippen LogP contribution in [0.3, 0.4) is 0 Å². The van der Waals surface area contributed by atoms with Crippen LogP contribution >= 0.6 is 0 Å². The van der Waals surface area contributed by atoms with Gasteiger partial charge in [0.1, 0.15) is 23.0 Å². The van der Waals surface area contributed by atoms with Gasteiger partial charge in [-0.25, -0.2) is 9.59 Å². The second-order valence-corrected chi connectivity index (χ2v) is 9.76. The molecule has 210 valence electrons. The van der Waals surface area contributed by atoms with Crippen molar-refractivity contribution in [3.8, 4) is 23.0 Å². The van der Waals surface area contributed by atoms with Crippen molar-refractivity contribution in [1.29, 1.82) is 0 Å². The van der Waals surface area contributed by atoms with Gasteiger partial charge < -0.3 is 25.0 Å². The van der Waals surface area contributed by atoms with Crippen LogP contribution in [0.1, 0.15) is 31.1 Å². The number of fused-ring (bicyclic) bond motifs is 2. The molecule has 0 saturated heterocycles. The number of carboxylic acid groups (broad SMARTS) is 2. The lowest BCUT2D eigenvalue weighted by Gasteiger charge is -2.10. The molecule has 0 aliphatic heterocycles. The quantitative estimate of drug-likeness (QED) is 0.169. The number of carboxylic acids is 2. The molecule has 0 radical (unpaired) electrons. The molecular formula is C35H23NO7. The van der Waals surface area contributed by atoms with E-state index in [0.29, 0.717) is 34.2 Å². The number of hydrogen-bond donors (Lipinski definition) is 3. The van der Waals surface area contributed by atoms with Crippen LogP contribution in [0.4, 0.5) is 5.69 Å². The molecule has 8 heteroatoms. The minimum absolute atomic E-state index is 0.223. The summed E-state index contributed by atoms with van der Waals surface area (Å²) in [5.41, 5.74) is 1.50. The lowest BCUT2D eigenvalue weighted by atomic mass is 10.1. The van der Waals surface area contributed by atoms with E-state index in [2.05, 4.69) is 5.32 Å². The molecule has 6 rings (SSSR count). The van der Waals surface area contributed by atoms with E-state index in [1.807, 2.05) is 18.2 Å². The molecule has 3 N–H and O–H groups in total. The fourth-order valence-corrected chi connectivity index (χ4v) is 4.60. The molecule has 0 fully saturated rings. The molecule has 0 aliphatic carbocycles. The van der Waals surface area contributed by atoms with Crippen molar-refractivity contribution in [2.24, 2.45) is 0 Å². The molecule has 1 amide bonds. The summed E-state index contributed by atoms with van der Waals surface area (Å²) in [5, 5.41) is 24.5. The number of carbonyl (C=O) groups excluding carboxylic acids is 1. The molecule has 8 nitrogen and oxygen atoms in total. The van der Waals surface area contributed by atoms with Crippen LogP contribution in [0, 0.1) is 0 Å². The number of hydrogen-bond acceptors (Lipinski definition) is 5. The minimum Gasteiger partial charge on any atom is -0.478 e. The van der Waals surface area contributed by atoms with E-state index in [0.717, 1.165) is 21.5 Å². The summed E-state index contributed by atoms with van der Waals surface area (Å²) < 4.78 is 11.9. The molecule has 0 unspecified atom stereocenters. The minimum atomic E-state index is -0.976. The van der Waals surface area contributed by atoms with E-state index in [9.17, 15) is 24.6 Å². The van der Waals surface area contributed by atoms with Gasteiger partial charge in [0.15, 0.2) is 0 Å². The molecule has 0 atom stereocenters. The van der Waals surface area contributed by atoms with Crippen LogP contribution in [0.2, 0.25) is 0 Å². The Balaban J connectivity index is 1.07. The van der Waals surface area contributed by atoms with Crippen molar-refractivity contribution in [3.63, 3.8) is 0 Å². The monoisotopic (exact) mass is 569 g/mol. The van der Waals surface area contributed by atoms with E-state index >= 15 is 0 Å². The number of nitrogens with one attached hydrogen (secondary N) is 1. The maximum Gasteiger partial charge on any atom is 0.335 e. The Kier molecular flexibility index (Phi) is 7.16. The number of benzene rings is 6. The average Bonchev–Trinajstić information content (AvgIpc) is 3.01. The van der Waals surface area contributed by atoms with Crippen molar-refractivity contribution in [2.75, 3.05) is 5.32 Å². The molecule has 0 aromatic heterocycles. The summed E-state index contributed by atoms with van der Waals surface area (Å²) in [6.45, 7) is 0. The molecule has 0 spiro atoms. The summed E-state index contributed by atoms with van der Waals surface area (Å²) in [6.07, 6.45) is 0. The van der Waals surface area contributed by atoms with Crippen LogP contribution in [0.15, 0.2) is 121 Å². The van der Waals surface area contributed by atoms with E-state index in [-0.39, 0.29) is 17.0 Å². The Hall–Kier alpha value is -6.15. The van der Waals surface area contributed by atoms with Gasteiger partial charge in [-0.1, -0.05) is 24.3 Å². The third kappa shape index (κ3) is 6.13. The van der Waals surface area contributed by atoms with Crippen molar-refractivity contribution in [1.82, 2.24) is 0 Å². The van der Waals surface area contributed by atoms with Gasteiger partial charge in [0.2, 0.25) is 0 Å². The molecule has 6 aromatic rings. The molecular weight excluding hydrogens is 546 g/mol. The van der Waals surface area contributed by atoms with E-state index in [1.165, 1.54) is 0 Å². The van der Waals surface area contributed by atoms with Crippen molar-refractivity contribution >= 4 is 45.1 Å². The predicted molar refractivity (Wildman–Crippen MR) is 163 cm³/mol. The van der Waals surface area contributed by atoms with E-state index in [4.69, 9.17) is 9.47 Å². The summed E-state index contributed by atoms with van der Waals surface area (Å²) in [6, 6.07) is 34.3. The number of ether oxygens (including phenoxy) is 2. The van der Waals surface area contributed by atoms with Crippen molar-refractivity contribution in [2.45, 2.75) is 0 Å². The van der Waals surface area contributed by atoms with Crippen LogP contribution in [0.25, 0.3) is 21.5 Å². The first kappa shape index (κ1) is 27.0. The zero-order chi connectivity index (χ0) is 29.9. The SMILES string of the molecule is O=C(O)c1ccc2cc(Oc3ccc(NC(=O)c4ccc(Oc5ccc6cc(C(=O)O)ccc6c5)cc4)cc3)ccc2c1. The normalized spacial score (nSPS) is 10.8. The first-order valence-corrected chi connectivity index (χ1v) is 13.2. The average molecular weight is 570 g/mol. The van der Waals surface area contributed by atoms with Gasteiger partial charge in [-0.2, -0.15) is 0 Å². The van der Waals surface area contributed by atoms with Gasteiger partial charge in [0.25, 0.3) is 5.91 Å². The fraction of sp³-hybridized carbons (Fsp3) is 0. The lowest BCUT2D eigenvalue weighted by molar-refractivity contribution is 0.0686. The van der Waals surface area contributed by atoms with Crippen LogP contribution in [-0.2, 0) is 0 Å². The summed E-state index contributed by atoms with van der Waals surface area (Å²) >= 11 is 0. The van der Waals surface area contributed by atoms with Crippen LogP contribution in [-0.4, -0.2) is 28.1 Å². The smallest absolute Gasteiger partial charge is 0.335 e. The third-order valence-electron chi connectivity index (χ3n) is 6.82. The number of amides is 1. The zero-order valence-corrected chi connectivity index (χ0v) is 22.5. The zero-order valence-electron chi connectivity index (χ0n) is 22.5. The fourth-order valence-electron chi connectivity index (χ4n) is 4.60. The number of anilines is 1. The highest BCUT2D eigenvalue weighted by Crippen LogP contribution is 2.29. The standard InChI is InChI=1S/C35H23NO7/c37-33(21-5-11-29(12-6-21)42-31-13-7-22-17-26(34(38)39)3-1-24(22)19-31)36-28-9-15-30(16-10-28)43-32-14-8-23-18-27(35(40)41)4-2-25(23)20-32/h1-20H,(H,36,37)(H,38,39)(H,40,41). The largest absolute Gasteiger partial charge is 0.478 e. The van der Waals surface area contributed by atoms with Gasteiger partial charge in [-0.15, -0.1) is 0 Å². The summed E-state index contributed by atoms with van der Waals surface area (Å²) in [5.74, 6) is 0.0917. The van der Waals surface area contributed by atoms with Crippen LogP contribution < -0.4 is 14.8 Å². The van der Waals surface area contributed by atoms with E-state index in [1.54, 1.807) is 103 Å². The van der Waals surface area contributed by atoms with Gasteiger partial charge in [0.05, 0.1) is 11.1 Å². The predicted octanol–water partition coefficient (Wildman–Crippen LogP) is 8.23. The Morgan fingerprint density at radius 2 is 0.814 bits per heavy atom. The van der Waals surface area contributed by atoms with Gasteiger partial charge in [0, 0.05) is 11.3 Å². The highest BCUT2D eigenvalue weighted by atomic mass is 16.5. The van der Waals surface area contributed by atoms with E-state index < -0.39 is 11.9 Å². The van der Waals surface area contributed by atoms with Crippen molar-refractivity contribution in [3.05, 3.63) is 138 Å². The Labute approximate surface area is 245 Å². The molecule has 0 aliphatic rings. The first-order chi connectivity index (χ1) is 20.8. The molecule has 0 bridgehead atoms. The highest BCUT2D eigenvalue weighted by molar-refractivity contribution is 6.04. The first-order valence-electron chi connectivity index (χ1n) is 13.2. The van der Waals surface area contributed by atoms with Gasteiger partial charge >= 0.3 is 11.9 Å². The summed E-state index contributed by atoms with van der Waals surface area (Å²) in [4.78, 5) is 35.2. The van der Waals surface area contributed by atoms with Crippen LogP contribution in [0.5, 0.6) is 23.0 Å². The molecule has 0 saturated carbocycles. The maximum absolute atomic E-state index is 12.8. The third-order valence-corrected chi connectivity index (χ3v) is 6.82. The van der Waals surface area contributed by atoms with Gasteiger partial charge in [-0.3, -0.25) is 4.79 Å². The Morgan fingerprint density at radius 3 is 1.28 bits per heavy atom. The Morgan fingerprint density at radius 1 is 0.442 bits per heavy atom. The summed E-state index contributed by atoms with van der Waals surface area (Å²) in [7, 11) is 0. The second-order valence-electron chi connectivity index (χ2n) is 9.76. The number of carbonyl (C=O) groups is 3. The maximum atomic E-state index is 12.8. The Bertz CT molecular complexity index is 2020. The second kappa shape index (κ2) is 11.4. The molecule has 6 aromatic carbocycles. The topological polar surface area (TPSA) is 122 Å². The highest BCUT2D eigenvalue weighted by Gasteiger charge is 2.10. The number of aromatic carboxylic acids is 2. The molecule has 0 heterocycles. The number of rotatable bonds is 8. The van der Waals surface area contributed by atoms with Crippen molar-refractivity contribution < 1.29 is 34.1 Å². The van der Waals surface area contributed by atoms with Gasteiger partial charge in [-0.05, 0) is 119 Å². The molecule has 43 heavy (non-hydrogen) atoms. The lowest BCUT2D eigenvalue weighted by Crippen LogP contribution is -2.11.